The van der Waals surface area contributed by atoms with Crippen molar-refractivity contribution >= 4 is 0 Å². The third-order valence-corrected chi connectivity index (χ3v) is 2.73. The van der Waals surface area contributed by atoms with Crippen molar-refractivity contribution in [2.75, 3.05) is 0 Å². The van der Waals surface area contributed by atoms with Crippen LogP contribution in [0.4, 0.5) is 0 Å². The fourth-order valence-corrected chi connectivity index (χ4v) is 2.07. The Morgan fingerprint density at radius 2 is 1.58 bits per heavy atom. The highest BCUT2D eigenvalue weighted by Gasteiger charge is 2.21. The molecule has 0 amide bonds. The normalized spacial score (nSPS) is 15.4. The number of rotatable bonds is 5. The van der Waals surface area contributed by atoms with Crippen LogP contribution < -0.4 is 10.1 Å². The number of ether oxygens (including phenoxy) is 1. The third-order valence-electron chi connectivity index (χ3n) is 2.73. The van der Waals surface area contributed by atoms with Gasteiger partial charge in [0.2, 0.25) is 0 Å². The van der Waals surface area contributed by atoms with Gasteiger partial charge in [-0.2, -0.15) is 0 Å². The quantitative estimate of drug-likeness (QED) is 0.858. The summed E-state index contributed by atoms with van der Waals surface area (Å²) < 4.78 is 5.59. The van der Waals surface area contributed by atoms with E-state index in [0.717, 1.165) is 11.3 Å². The molecule has 0 aliphatic carbocycles. The maximum atomic E-state index is 10.3. The van der Waals surface area contributed by atoms with Crippen LogP contribution in [0, 0.1) is 0 Å². The summed E-state index contributed by atoms with van der Waals surface area (Å²) in [6, 6.07) is 7.65. The van der Waals surface area contributed by atoms with E-state index in [2.05, 4.69) is 26.1 Å². The highest BCUT2D eigenvalue weighted by Crippen LogP contribution is 2.22. The first-order valence-electron chi connectivity index (χ1n) is 6.91. The van der Waals surface area contributed by atoms with E-state index in [1.54, 1.807) is 0 Å². The van der Waals surface area contributed by atoms with Crippen LogP contribution in [0.1, 0.15) is 53.2 Å². The van der Waals surface area contributed by atoms with Gasteiger partial charge in [-0.05, 0) is 59.2 Å². The second-order valence-electron chi connectivity index (χ2n) is 6.36. The van der Waals surface area contributed by atoms with Gasteiger partial charge < -0.3 is 15.2 Å². The molecule has 0 aliphatic heterocycles. The van der Waals surface area contributed by atoms with E-state index in [1.165, 1.54) is 0 Å². The molecule has 19 heavy (non-hydrogen) atoms. The second kappa shape index (κ2) is 6.40. The minimum atomic E-state index is -0.521. The molecule has 108 valence electrons. The molecule has 0 saturated carbocycles. The van der Waals surface area contributed by atoms with Gasteiger partial charge in [0, 0.05) is 11.6 Å². The number of aliphatic hydroxyl groups is 1. The summed E-state index contributed by atoms with van der Waals surface area (Å²) in [5.74, 6) is 0.836. The van der Waals surface area contributed by atoms with Crippen LogP contribution in [0.25, 0.3) is 0 Å². The molecule has 2 N–H and O–H groups in total. The van der Waals surface area contributed by atoms with Crippen molar-refractivity contribution in [3.8, 4) is 5.75 Å². The third kappa shape index (κ3) is 5.62. The van der Waals surface area contributed by atoms with Crippen molar-refractivity contribution in [2.45, 2.75) is 65.3 Å². The molecule has 2 unspecified atom stereocenters. The standard InChI is InChI=1S/C16H27NO2/c1-11(2)19-14-9-7-13(8-10-14)15(18)12(3)17-16(4,5)6/h7-12,15,17-18H,1-6H3. The summed E-state index contributed by atoms with van der Waals surface area (Å²) in [5.41, 5.74) is 0.890. The zero-order valence-electron chi connectivity index (χ0n) is 12.9. The highest BCUT2D eigenvalue weighted by molar-refractivity contribution is 5.29. The van der Waals surface area contributed by atoms with Crippen LogP contribution in [-0.4, -0.2) is 22.8 Å². The maximum Gasteiger partial charge on any atom is 0.119 e. The largest absolute Gasteiger partial charge is 0.491 e. The molecule has 1 aromatic carbocycles. The molecule has 0 aliphatic rings. The van der Waals surface area contributed by atoms with Crippen LogP contribution >= 0.6 is 0 Å². The highest BCUT2D eigenvalue weighted by atomic mass is 16.5. The number of aliphatic hydroxyl groups excluding tert-OH is 1. The molecule has 0 radical (unpaired) electrons. The molecular formula is C16H27NO2. The molecule has 1 aromatic rings. The zero-order chi connectivity index (χ0) is 14.6. The van der Waals surface area contributed by atoms with E-state index < -0.39 is 6.10 Å². The Kier molecular flexibility index (Phi) is 5.39. The van der Waals surface area contributed by atoms with Gasteiger partial charge in [0.05, 0.1) is 12.2 Å². The van der Waals surface area contributed by atoms with Gasteiger partial charge >= 0.3 is 0 Å². The molecule has 2 atom stereocenters. The summed E-state index contributed by atoms with van der Waals surface area (Å²) in [7, 11) is 0. The topological polar surface area (TPSA) is 41.5 Å². The van der Waals surface area contributed by atoms with Crippen LogP contribution in [0.3, 0.4) is 0 Å². The van der Waals surface area contributed by atoms with Crippen molar-refractivity contribution in [2.24, 2.45) is 0 Å². The summed E-state index contributed by atoms with van der Waals surface area (Å²) >= 11 is 0. The molecule has 0 spiro atoms. The van der Waals surface area contributed by atoms with Gasteiger partial charge in [-0.1, -0.05) is 12.1 Å². The first-order valence-corrected chi connectivity index (χ1v) is 6.91. The van der Waals surface area contributed by atoms with Crippen molar-refractivity contribution in [3.05, 3.63) is 29.8 Å². The number of hydrogen-bond acceptors (Lipinski definition) is 3. The Labute approximate surface area is 117 Å². The van der Waals surface area contributed by atoms with Crippen molar-refractivity contribution in [3.63, 3.8) is 0 Å². The SMILES string of the molecule is CC(C)Oc1ccc(C(O)C(C)NC(C)(C)C)cc1. The molecule has 3 nitrogen and oxygen atoms in total. The zero-order valence-corrected chi connectivity index (χ0v) is 12.9. The summed E-state index contributed by atoms with van der Waals surface area (Å²) in [6.45, 7) is 12.3. The van der Waals surface area contributed by atoms with Gasteiger partial charge in [0.1, 0.15) is 5.75 Å². The molecule has 0 bridgehead atoms. The first-order chi connectivity index (χ1) is 8.69. The fourth-order valence-electron chi connectivity index (χ4n) is 2.07. The first kappa shape index (κ1) is 16.0. The Balaban J connectivity index is 2.69. The van der Waals surface area contributed by atoms with Crippen molar-refractivity contribution < 1.29 is 9.84 Å². The van der Waals surface area contributed by atoms with Crippen molar-refractivity contribution in [1.29, 1.82) is 0 Å². The Hall–Kier alpha value is -1.06. The Morgan fingerprint density at radius 1 is 1.05 bits per heavy atom. The lowest BCUT2D eigenvalue weighted by Crippen LogP contribution is -2.44. The molecule has 1 rings (SSSR count). The lowest BCUT2D eigenvalue weighted by Gasteiger charge is -2.29. The fraction of sp³-hybridized carbons (Fsp3) is 0.625. The molecule has 0 heterocycles. The Morgan fingerprint density at radius 3 is 2.00 bits per heavy atom. The maximum absolute atomic E-state index is 10.3. The van der Waals surface area contributed by atoms with Gasteiger partial charge in [-0.15, -0.1) is 0 Å². The van der Waals surface area contributed by atoms with Gasteiger partial charge in [-0.3, -0.25) is 0 Å². The number of benzene rings is 1. The molecule has 0 fully saturated rings. The number of hydrogen-bond donors (Lipinski definition) is 2. The van der Waals surface area contributed by atoms with E-state index >= 15 is 0 Å². The lowest BCUT2D eigenvalue weighted by molar-refractivity contribution is 0.121. The average molecular weight is 265 g/mol. The van der Waals surface area contributed by atoms with Crippen LogP contribution in [0.5, 0.6) is 5.75 Å². The van der Waals surface area contributed by atoms with Gasteiger partial charge in [0.15, 0.2) is 0 Å². The van der Waals surface area contributed by atoms with Gasteiger partial charge in [-0.25, -0.2) is 0 Å². The van der Waals surface area contributed by atoms with E-state index in [0.29, 0.717) is 0 Å². The molecule has 0 saturated heterocycles. The molecular weight excluding hydrogens is 238 g/mol. The van der Waals surface area contributed by atoms with E-state index in [9.17, 15) is 5.11 Å². The van der Waals surface area contributed by atoms with Crippen LogP contribution in [-0.2, 0) is 0 Å². The van der Waals surface area contributed by atoms with Crippen LogP contribution in [0.15, 0.2) is 24.3 Å². The predicted molar refractivity (Wildman–Crippen MR) is 79.5 cm³/mol. The minimum absolute atomic E-state index is 0.00290. The van der Waals surface area contributed by atoms with Gasteiger partial charge in [0.25, 0.3) is 0 Å². The number of nitrogens with one attached hydrogen (secondary N) is 1. The summed E-state index contributed by atoms with van der Waals surface area (Å²) in [6.07, 6.45) is -0.357. The monoisotopic (exact) mass is 265 g/mol. The summed E-state index contributed by atoms with van der Waals surface area (Å²) in [4.78, 5) is 0. The van der Waals surface area contributed by atoms with Crippen molar-refractivity contribution in [1.82, 2.24) is 5.32 Å². The molecule has 0 aromatic heterocycles. The predicted octanol–water partition coefficient (Wildman–Crippen LogP) is 3.28. The molecule has 3 heteroatoms. The van der Waals surface area contributed by atoms with E-state index in [4.69, 9.17) is 4.74 Å². The minimum Gasteiger partial charge on any atom is -0.491 e. The average Bonchev–Trinajstić information content (AvgIpc) is 2.26. The summed E-state index contributed by atoms with van der Waals surface area (Å²) in [5, 5.41) is 13.7. The smallest absolute Gasteiger partial charge is 0.119 e. The van der Waals surface area contributed by atoms with E-state index in [-0.39, 0.29) is 17.7 Å². The lowest BCUT2D eigenvalue weighted by atomic mass is 10.00. The van der Waals surface area contributed by atoms with E-state index in [1.807, 2.05) is 45.0 Å². The second-order valence-corrected chi connectivity index (χ2v) is 6.36. The Bertz CT molecular complexity index is 379. The van der Waals surface area contributed by atoms with Crippen LogP contribution in [0.2, 0.25) is 0 Å².